The van der Waals surface area contributed by atoms with Crippen LogP contribution >= 0.6 is 0 Å². The number of rotatable bonds is 3. The van der Waals surface area contributed by atoms with Crippen molar-refractivity contribution in [1.29, 1.82) is 0 Å². The minimum Gasteiger partial charge on any atom is -0.381 e. The van der Waals surface area contributed by atoms with Gasteiger partial charge in [-0.25, -0.2) is 0 Å². The summed E-state index contributed by atoms with van der Waals surface area (Å²) in [5.74, 6) is 0. The maximum atomic E-state index is 5.84. The average molecular weight is 214 g/mol. The van der Waals surface area contributed by atoms with E-state index in [-0.39, 0.29) is 0 Å². The molecule has 0 spiro atoms. The van der Waals surface area contributed by atoms with E-state index >= 15 is 0 Å². The lowest BCUT2D eigenvalue weighted by molar-refractivity contribution is -0.00580. The number of nitrogens with zero attached hydrogens (tertiary/aromatic N) is 1. The van der Waals surface area contributed by atoms with Crippen molar-refractivity contribution in [2.75, 3.05) is 33.4 Å². The van der Waals surface area contributed by atoms with E-state index in [4.69, 9.17) is 15.2 Å². The predicted molar refractivity (Wildman–Crippen MR) is 58.8 cm³/mol. The van der Waals surface area contributed by atoms with Gasteiger partial charge < -0.3 is 15.2 Å². The van der Waals surface area contributed by atoms with Gasteiger partial charge in [0.2, 0.25) is 0 Å². The van der Waals surface area contributed by atoms with Crippen molar-refractivity contribution in [3.8, 4) is 0 Å². The summed E-state index contributed by atoms with van der Waals surface area (Å²) in [4.78, 5) is 2.53. The Morgan fingerprint density at radius 3 is 2.93 bits per heavy atom. The molecule has 2 aliphatic heterocycles. The fourth-order valence-electron chi connectivity index (χ4n) is 2.74. The van der Waals surface area contributed by atoms with Gasteiger partial charge in [-0.1, -0.05) is 0 Å². The van der Waals surface area contributed by atoms with Crippen LogP contribution in [-0.4, -0.2) is 56.5 Å². The average Bonchev–Trinajstić information content (AvgIpc) is 2.81. The van der Waals surface area contributed by atoms with Crippen molar-refractivity contribution in [2.45, 2.75) is 37.5 Å². The molecule has 4 heteroatoms. The number of hydrogen-bond donors (Lipinski definition) is 1. The highest BCUT2D eigenvalue weighted by Gasteiger charge is 2.33. The van der Waals surface area contributed by atoms with Crippen LogP contribution in [0.2, 0.25) is 0 Å². The number of piperidine rings is 1. The van der Waals surface area contributed by atoms with Crippen LogP contribution in [-0.2, 0) is 9.47 Å². The summed E-state index contributed by atoms with van der Waals surface area (Å²) < 4.78 is 10.9. The summed E-state index contributed by atoms with van der Waals surface area (Å²) in [6.07, 6.45) is 3.76. The van der Waals surface area contributed by atoms with Gasteiger partial charge in [0.25, 0.3) is 0 Å². The van der Waals surface area contributed by atoms with Gasteiger partial charge in [0, 0.05) is 38.9 Å². The Balaban J connectivity index is 1.92. The summed E-state index contributed by atoms with van der Waals surface area (Å²) in [5.41, 5.74) is 5.84. The van der Waals surface area contributed by atoms with E-state index in [2.05, 4.69) is 4.90 Å². The first-order valence-electron chi connectivity index (χ1n) is 5.91. The molecule has 2 N–H and O–H groups in total. The van der Waals surface area contributed by atoms with Crippen LogP contribution in [0.4, 0.5) is 0 Å². The van der Waals surface area contributed by atoms with Gasteiger partial charge >= 0.3 is 0 Å². The molecule has 3 unspecified atom stereocenters. The molecule has 2 heterocycles. The van der Waals surface area contributed by atoms with Gasteiger partial charge in [-0.05, 0) is 19.3 Å². The third kappa shape index (κ3) is 2.50. The van der Waals surface area contributed by atoms with E-state index in [1.165, 1.54) is 0 Å². The molecule has 4 nitrogen and oxygen atoms in total. The standard InChI is InChI=1S/C11H22N2O2/c1-14-11-2-4-13(10(6-11)7-12)9-3-5-15-8-9/h9-11H,2-8,12H2,1H3. The minimum atomic E-state index is 0.400. The third-order valence-corrected chi connectivity index (χ3v) is 3.69. The van der Waals surface area contributed by atoms with Gasteiger partial charge in [0.1, 0.15) is 0 Å². The highest BCUT2D eigenvalue weighted by molar-refractivity contribution is 4.88. The van der Waals surface area contributed by atoms with Crippen LogP contribution in [0, 0.1) is 0 Å². The van der Waals surface area contributed by atoms with Crippen molar-refractivity contribution < 1.29 is 9.47 Å². The first-order valence-corrected chi connectivity index (χ1v) is 5.91. The molecule has 0 amide bonds. The molecule has 0 aliphatic carbocycles. The second-order valence-corrected chi connectivity index (χ2v) is 4.53. The van der Waals surface area contributed by atoms with Crippen molar-refractivity contribution in [1.82, 2.24) is 4.90 Å². The SMILES string of the molecule is COC1CCN(C2CCOC2)C(CN)C1. The summed E-state index contributed by atoms with van der Waals surface area (Å²) in [5, 5.41) is 0. The maximum absolute atomic E-state index is 5.84. The van der Waals surface area contributed by atoms with Crippen LogP contribution in [0.15, 0.2) is 0 Å². The minimum absolute atomic E-state index is 0.400. The zero-order valence-corrected chi connectivity index (χ0v) is 9.52. The van der Waals surface area contributed by atoms with Crippen molar-refractivity contribution in [2.24, 2.45) is 5.73 Å². The van der Waals surface area contributed by atoms with E-state index in [0.717, 1.165) is 45.6 Å². The molecule has 2 rings (SSSR count). The Hall–Kier alpha value is -0.160. The highest BCUT2D eigenvalue weighted by atomic mass is 16.5. The summed E-state index contributed by atoms with van der Waals surface area (Å²) in [6, 6.07) is 1.08. The Kier molecular flexibility index (Phi) is 3.97. The topological polar surface area (TPSA) is 47.7 Å². The number of hydrogen-bond acceptors (Lipinski definition) is 4. The van der Waals surface area contributed by atoms with E-state index in [0.29, 0.717) is 18.2 Å². The Morgan fingerprint density at radius 2 is 2.33 bits per heavy atom. The first-order chi connectivity index (χ1) is 7.35. The predicted octanol–water partition coefficient (Wildman–Crippen LogP) is 0.213. The van der Waals surface area contributed by atoms with Crippen LogP contribution in [0.1, 0.15) is 19.3 Å². The Labute approximate surface area is 91.7 Å². The van der Waals surface area contributed by atoms with Crippen LogP contribution < -0.4 is 5.73 Å². The normalized spacial score (nSPS) is 38.4. The smallest absolute Gasteiger partial charge is 0.0622 e. The number of methoxy groups -OCH3 is 1. The second kappa shape index (κ2) is 5.25. The van der Waals surface area contributed by atoms with Gasteiger partial charge in [-0.3, -0.25) is 4.90 Å². The zero-order valence-electron chi connectivity index (χ0n) is 9.52. The lowest BCUT2D eigenvalue weighted by Gasteiger charge is -2.41. The van der Waals surface area contributed by atoms with Crippen LogP contribution in [0.25, 0.3) is 0 Å². The fourth-order valence-corrected chi connectivity index (χ4v) is 2.74. The molecule has 2 aliphatic rings. The molecule has 0 aromatic heterocycles. The van der Waals surface area contributed by atoms with Crippen LogP contribution in [0.5, 0.6) is 0 Å². The molecule has 0 aromatic carbocycles. The highest BCUT2D eigenvalue weighted by Crippen LogP contribution is 2.24. The monoisotopic (exact) mass is 214 g/mol. The number of nitrogens with two attached hydrogens (primary N) is 1. The van der Waals surface area contributed by atoms with E-state index in [1.807, 2.05) is 0 Å². The molecule has 0 aromatic rings. The van der Waals surface area contributed by atoms with Crippen molar-refractivity contribution in [3.05, 3.63) is 0 Å². The molecular formula is C11H22N2O2. The maximum Gasteiger partial charge on any atom is 0.0622 e. The largest absolute Gasteiger partial charge is 0.381 e. The van der Waals surface area contributed by atoms with Crippen LogP contribution in [0.3, 0.4) is 0 Å². The lowest BCUT2D eigenvalue weighted by Crippen LogP contribution is -2.53. The molecule has 0 radical (unpaired) electrons. The van der Waals surface area contributed by atoms with E-state index in [9.17, 15) is 0 Å². The molecule has 0 saturated carbocycles. The van der Waals surface area contributed by atoms with Crippen molar-refractivity contribution >= 4 is 0 Å². The molecule has 3 atom stereocenters. The molecular weight excluding hydrogens is 192 g/mol. The second-order valence-electron chi connectivity index (χ2n) is 4.53. The number of likely N-dealkylation sites (tertiary alicyclic amines) is 1. The van der Waals surface area contributed by atoms with Crippen molar-refractivity contribution in [3.63, 3.8) is 0 Å². The van der Waals surface area contributed by atoms with E-state index in [1.54, 1.807) is 7.11 Å². The third-order valence-electron chi connectivity index (χ3n) is 3.69. The lowest BCUT2D eigenvalue weighted by atomic mass is 9.97. The molecule has 15 heavy (non-hydrogen) atoms. The summed E-state index contributed by atoms with van der Waals surface area (Å²) >= 11 is 0. The Morgan fingerprint density at radius 1 is 1.47 bits per heavy atom. The quantitative estimate of drug-likeness (QED) is 0.730. The van der Waals surface area contributed by atoms with Gasteiger partial charge in [-0.15, -0.1) is 0 Å². The van der Waals surface area contributed by atoms with Gasteiger partial charge in [-0.2, -0.15) is 0 Å². The Bertz CT molecular complexity index is 195. The first kappa shape index (κ1) is 11.3. The summed E-state index contributed by atoms with van der Waals surface area (Å²) in [7, 11) is 1.80. The van der Waals surface area contributed by atoms with E-state index < -0.39 is 0 Å². The van der Waals surface area contributed by atoms with Gasteiger partial charge in [0.05, 0.1) is 12.7 Å². The molecule has 0 bridgehead atoms. The molecule has 2 saturated heterocycles. The fraction of sp³-hybridized carbons (Fsp3) is 1.00. The zero-order chi connectivity index (χ0) is 10.7. The molecule has 2 fully saturated rings. The summed E-state index contributed by atoms with van der Waals surface area (Å²) in [6.45, 7) is 3.63. The number of ether oxygens (including phenoxy) is 2. The van der Waals surface area contributed by atoms with Gasteiger partial charge in [0.15, 0.2) is 0 Å². The molecule has 88 valence electrons.